The average Bonchev–Trinajstić information content (AvgIpc) is 2.66. The third-order valence-electron chi connectivity index (χ3n) is 3.40. The molecule has 0 spiro atoms. The molecule has 5 atom stereocenters. The molecule has 2 unspecified atom stereocenters. The van der Waals surface area contributed by atoms with Crippen LogP contribution in [-0.2, 0) is 22.9 Å². The predicted octanol–water partition coefficient (Wildman–Crippen LogP) is 2.75. The number of ether oxygens (including phenoxy) is 1. The summed E-state index contributed by atoms with van der Waals surface area (Å²) < 4.78 is 39.7. The van der Waals surface area contributed by atoms with Crippen LogP contribution in [0.3, 0.4) is 0 Å². The monoisotopic (exact) mass is 344 g/mol. The van der Waals surface area contributed by atoms with E-state index in [0.717, 1.165) is 0 Å². The normalized spacial score (nSPS) is 32.3. The van der Waals surface area contributed by atoms with Crippen molar-refractivity contribution in [3.63, 3.8) is 0 Å². The Labute approximate surface area is 126 Å². The van der Waals surface area contributed by atoms with Gasteiger partial charge in [-0.1, -0.05) is 27.7 Å². The lowest BCUT2D eigenvalue weighted by atomic mass is 10.1. The van der Waals surface area contributed by atoms with Crippen LogP contribution in [0.2, 0.25) is 0 Å². The fourth-order valence-electron chi connectivity index (χ4n) is 1.82. The summed E-state index contributed by atoms with van der Waals surface area (Å²) in [6.07, 6.45) is -0.959. The zero-order chi connectivity index (χ0) is 16.4. The summed E-state index contributed by atoms with van der Waals surface area (Å²) in [5.74, 6) is 0. The van der Waals surface area contributed by atoms with Gasteiger partial charge in [-0.05, 0) is 6.92 Å². The van der Waals surface area contributed by atoms with Crippen LogP contribution < -0.4 is 0 Å². The van der Waals surface area contributed by atoms with E-state index in [1.165, 1.54) is 0 Å². The molecule has 0 aromatic heterocycles. The van der Waals surface area contributed by atoms with Crippen LogP contribution in [0.4, 0.5) is 0 Å². The fraction of sp³-hybridized carbons (Fsp3) is 1.00. The summed E-state index contributed by atoms with van der Waals surface area (Å²) in [7, 11) is -7.43. The topological polar surface area (TPSA) is 102 Å². The molecular formula is C12H26O7P2. The molecular weight excluding hydrogens is 318 g/mol. The molecule has 7 nitrogen and oxygen atoms in total. The van der Waals surface area contributed by atoms with Crippen molar-refractivity contribution in [3.05, 3.63) is 0 Å². The van der Waals surface area contributed by atoms with Gasteiger partial charge in [-0.2, -0.15) is 0 Å². The summed E-state index contributed by atoms with van der Waals surface area (Å²) in [6, 6.07) is 0. The summed E-state index contributed by atoms with van der Waals surface area (Å²) in [5, 5.41) is 0. The van der Waals surface area contributed by atoms with Crippen molar-refractivity contribution in [1.82, 2.24) is 0 Å². The highest BCUT2D eigenvalue weighted by atomic mass is 31.2. The zero-order valence-electron chi connectivity index (χ0n) is 13.1. The van der Waals surface area contributed by atoms with Gasteiger partial charge in [0.2, 0.25) is 0 Å². The minimum atomic E-state index is -3.73. The van der Waals surface area contributed by atoms with E-state index in [1.807, 2.05) is 6.92 Å². The maximum Gasteiger partial charge on any atom is 0.330 e. The van der Waals surface area contributed by atoms with Gasteiger partial charge in [0.1, 0.15) is 6.10 Å². The number of hydrogen-bond donors (Lipinski definition) is 2. The van der Waals surface area contributed by atoms with Gasteiger partial charge in [-0.25, -0.2) is 0 Å². The molecule has 0 aromatic rings. The summed E-state index contributed by atoms with van der Waals surface area (Å²) in [5.41, 5.74) is -1.04. The van der Waals surface area contributed by atoms with Crippen LogP contribution in [0.1, 0.15) is 41.0 Å². The number of rotatable bonds is 7. The van der Waals surface area contributed by atoms with Gasteiger partial charge < -0.3 is 23.6 Å². The maximum absolute atomic E-state index is 12.0. The average molecular weight is 344 g/mol. The highest BCUT2D eigenvalue weighted by Crippen LogP contribution is 2.51. The Morgan fingerprint density at radius 2 is 1.67 bits per heavy atom. The maximum atomic E-state index is 12.0. The highest BCUT2D eigenvalue weighted by Gasteiger charge is 2.41. The van der Waals surface area contributed by atoms with Crippen molar-refractivity contribution in [1.29, 1.82) is 0 Å². The van der Waals surface area contributed by atoms with Gasteiger partial charge in [0.15, 0.2) is 0 Å². The van der Waals surface area contributed by atoms with E-state index in [9.17, 15) is 18.9 Å². The lowest BCUT2D eigenvalue weighted by molar-refractivity contribution is -0.00933. The molecule has 9 heteroatoms. The standard InChI is InChI=1S/C12H26O7P2/c1-8(2)20(13,14)17-7-12-11(6-10(5)18-12)19-21(15,16)9(3)4/h8-12H,6-7H2,1-5H3,(H,13,14)(H,15,16)/t10-,11-,12+/m0/s1. The Morgan fingerprint density at radius 1 is 1.14 bits per heavy atom. The molecule has 126 valence electrons. The van der Waals surface area contributed by atoms with Crippen LogP contribution in [-0.4, -0.2) is 46.0 Å². The van der Waals surface area contributed by atoms with Crippen molar-refractivity contribution in [3.8, 4) is 0 Å². The van der Waals surface area contributed by atoms with Gasteiger partial charge >= 0.3 is 15.2 Å². The molecule has 0 bridgehead atoms. The Kier molecular flexibility index (Phi) is 6.64. The van der Waals surface area contributed by atoms with Crippen LogP contribution in [0, 0.1) is 0 Å². The molecule has 0 amide bonds. The Morgan fingerprint density at radius 3 is 2.14 bits per heavy atom. The fourth-order valence-corrected chi connectivity index (χ4v) is 3.33. The van der Waals surface area contributed by atoms with Gasteiger partial charge in [-0.15, -0.1) is 0 Å². The Hall–Kier alpha value is 0.260. The van der Waals surface area contributed by atoms with Crippen LogP contribution >= 0.6 is 15.2 Å². The van der Waals surface area contributed by atoms with Crippen molar-refractivity contribution < 1.29 is 32.7 Å². The second-order valence-corrected chi connectivity index (χ2v) is 10.8. The zero-order valence-corrected chi connectivity index (χ0v) is 14.9. The smallest absolute Gasteiger partial charge is 0.330 e. The van der Waals surface area contributed by atoms with Gasteiger partial charge in [0.25, 0.3) is 0 Å². The molecule has 1 aliphatic rings. The van der Waals surface area contributed by atoms with E-state index in [2.05, 4.69) is 0 Å². The first-order chi connectivity index (χ1) is 9.45. The molecule has 1 aliphatic heterocycles. The molecule has 0 aromatic carbocycles. The van der Waals surface area contributed by atoms with E-state index < -0.39 is 38.7 Å². The summed E-state index contributed by atoms with van der Waals surface area (Å²) >= 11 is 0. The minimum Gasteiger partial charge on any atom is -0.370 e. The molecule has 2 N–H and O–H groups in total. The molecule has 0 radical (unpaired) electrons. The second kappa shape index (κ2) is 7.22. The minimum absolute atomic E-state index is 0.140. The van der Waals surface area contributed by atoms with Crippen molar-refractivity contribution in [2.24, 2.45) is 0 Å². The first-order valence-corrected chi connectivity index (χ1v) is 10.4. The molecule has 0 aliphatic carbocycles. The van der Waals surface area contributed by atoms with Crippen molar-refractivity contribution in [2.45, 2.75) is 70.7 Å². The van der Waals surface area contributed by atoms with E-state index >= 15 is 0 Å². The molecule has 21 heavy (non-hydrogen) atoms. The van der Waals surface area contributed by atoms with Crippen LogP contribution in [0.15, 0.2) is 0 Å². The van der Waals surface area contributed by atoms with E-state index in [-0.39, 0.29) is 12.7 Å². The Balaban J connectivity index is 2.68. The largest absolute Gasteiger partial charge is 0.370 e. The lowest BCUT2D eigenvalue weighted by Crippen LogP contribution is -2.29. The van der Waals surface area contributed by atoms with Crippen LogP contribution in [0.25, 0.3) is 0 Å². The number of hydrogen-bond acceptors (Lipinski definition) is 5. The SMILES string of the molecule is CC(C)P(=O)(O)OC[C@H]1O[C@@H](C)C[C@@H]1OP(=O)(O)C(C)C. The quantitative estimate of drug-likeness (QED) is 0.685. The first kappa shape index (κ1) is 19.3. The van der Waals surface area contributed by atoms with Gasteiger partial charge in [-0.3, -0.25) is 9.13 Å². The van der Waals surface area contributed by atoms with Crippen LogP contribution in [0.5, 0.6) is 0 Å². The van der Waals surface area contributed by atoms with Gasteiger partial charge in [0.05, 0.1) is 30.1 Å². The van der Waals surface area contributed by atoms with Crippen molar-refractivity contribution in [2.75, 3.05) is 6.61 Å². The summed E-state index contributed by atoms with van der Waals surface area (Å²) in [4.78, 5) is 19.5. The molecule has 1 saturated heterocycles. The lowest BCUT2D eigenvalue weighted by Gasteiger charge is -2.25. The predicted molar refractivity (Wildman–Crippen MR) is 79.7 cm³/mol. The third-order valence-corrected chi connectivity index (χ3v) is 7.10. The molecule has 1 fully saturated rings. The summed E-state index contributed by atoms with van der Waals surface area (Å²) in [6.45, 7) is 8.06. The van der Waals surface area contributed by atoms with E-state index in [4.69, 9.17) is 13.8 Å². The third kappa shape index (κ3) is 5.43. The first-order valence-electron chi connectivity index (χ1n) is 7.09. The van der Waals surface area contributed by atoms with Gasteiger partial charge in [0, 0.05) is 6.42 Å². The molecule has 0 saturated carbocycles. The van der Waals surface area contributed by atoms with Crippen molar-refractivity contribution >= 4 is 15.2 Å². The van der Waals surface area contributed by atoms with E-state index in [1.54, 1.807) is 27.7 Å². The van der Waals surface area contributed by atoms with E-state index in [0.29, 0.717) is 6.42 Å². The molecule has 1 rings (SSSR count). The highest BCUT2D eigenvalue weighted by molar-refractivity contribution is 7.53. The second-order valence-electron chi connectivity index (χ2n) is 5.98. The molecule has 1 heterocycles. The Bertz CT molecular complexity index is 437.